The summed E-state index contributed by atoms with van der Waals surface area (Å²) < 4.78 is 0. The molecule has 0 bridgehead atoms. The number of carbonyl (C=O) groups is 1. The predicted octanol–water partition coefficient (Wildman–Crippen LogP) is 3.44. The number of carboxylic acid groups (broad SMARTS) is 1. The molecule has 1 unspecified atom stereocenters. The Labute approximate surface area is 115 Å². The second kappa shape index (κ2) is 6.71. The van der Waals surface area contributed by atoms with E-state index in [0.717, 1.165) is 18.0 Å². The van der Waals surface area contributed by atoms with Gasteiger partial charge in [0.05, 0.1) is 5.56 Å². The Kier molecular flexibility index (Phi) is 4.97. The molecular formula is C16H23NO2. The molecule has 2 N–H and O–H groups in total. The van der Waals surface area contributed by atoms with Gasteiger partial charge in [-0.15, -0.1) is 0 Å². The van der Waals surface area contributed by atoms with Gasteiger partial charge < -0.3 is 10.4 Å². The second-order valence-corrected chi connectivity index (χ2v) is 5.57. The first-order valence-electron chi connectivity index (χ1n) is 7.22. The van der Waals surface area contributed by atoms with Gasteiger partial charge in [-0.1, -0.05) is 31.4 Å². The fourth-order valence-electron chi connectivity index (χ4n) is 2.84. The Bertz CT molecular complexity index is 407. The molecule has 1 aliphatic carbocycles. The van der Waals surface area contributed by atoms with Crippen LogP contribution in [0.5, 0.6) is 0 Å². The molecule has 2 rings (SSSR count). The van der Waals surface area contributed by atoms with Crippen molar-refractivity contribution in [1.82, 2.24) is 5.32 Å². The maximum Gasteiger partial charge on any atom is 0.335 e. The van der Waals surface area contributed by atoms with Crippen molar-refractivity contribution >= 4 is 5.97 Å². The van der Waals surface area contributed by atoms with Crippen LogP contribution in [0.25, 0.3) is 0 Å². The average molecular weight is 261 g/mol. The van der Waals surface area contributed by atoms with Gasteiger partial charge in [-0.2, -0.15) is 0 Å². The van der Waals surface area contributed by atoms with Crippen molar-refractivity contribution in [1.29, 1.82) is 0 Å². The lowest BCUT2D eigenvalue weighted by Gasteiger charge is -2.28. The third kappa shape index (κ3) is 4.06. The van der Waals surface area contributed by atoms with Crippen LogP contribution in [0.4, 0.5) is 0 Å². The molecule has 0 heterocycles. The molecule has 0 aliphatic heterocycles. The van der Waals surface area contributed by atoms with Gasteiger partial charge in [0, 0.05) is 12.6 Å². The Morgan fingerprint density at radius 3 is 2.47 bits per heavy atom. The van der Waals surface area contributed by atoms with Crippen LogP contribution in [-0.2, 0) is 6.54 Å². The van der Waals surface area contributed by atoms with Crippen LogP contribution < -0.4 is 5.32 Å². The highest BCUT2D eigenvalue weighted by atomic mass is 16.4. The summed E-state index contributed by atoms with van der Waals surface area (Å²) in [6.07, 6.45) is 6.80. The molecule has 0 aromatic heterocycles. The van der Waals surface area contributed by atoms with Gasteiger partial charge >= 0.3 is 5.97 Å². The lowest BCUT2D eigenvalue weighted by atomic mass is 9.84. The standard InChI is InChI=1S/C16H23NO2/c1-12(14-5-3-2-4-6-14)17-11-13-7-9-15(10-8-13)16(18)19/h7-10,12,14,17H,2-6,11H2,1H3,(H,18,19). The van der Waals surface area contributed by atoms with E-state index in [9.17, 15) is 4.79 Å². The normalized spacial score (nSPS) is 18.2. The Balaban J connectivity index is 1.82. The van der Waals surface area contributed by atoms with E-state index in [0.29, 0.717) is 11.6 Å². The summed E-state index contributed by atoms with van der Waals surface area (Å²) in [6.45, 7) is 3.08. The zero-order valence-electron chi connectivity index (χ0n) is 11.6. The highest BCUT2D eigenvalue weighted by Crippen LogP contribution is 2.26. The maximum atomic E-state index is 10.8. The fourth-order valence-corrected chi connectivity index (χ4v) is 2.84. The molecule has 0 amide bonds. The first-order chi connectivity index (χ1) is 9.16. The largest absolute Gasteiger partial charge is 0.478 e. The van der Waals surface area contributed by atoms with E-state index < -0.39 is 5.97 Å². The number of rotatable bonds is 5. The lowest BCUT2D eigenvalue weighted by Crippen LogP contribution is -2.34. The molecule has 1 aromatic carbocycles. The van der Waals surface area contributed by atoms with E-state index in [4.69, 9.17) is 5.11 Å². The molecule has 19 heavy (non-hydrogen) atoms. The van der Waals surface area contributed by atoms with Crippen molar-refractivity contribution in [3.63, 3.8) is 0 Å². The first kappa shape index (κ1) is 14.1. The monoisotopic (exact) mass is 261 g/mol. The van der Waals surface area contributed by atoms with Crippen LogP contribution >= 0.6 is 0 Å². The van der Waals surface area contributed by atoms with Crippen molar-refractivity contribution in [2.75, 3.05) is 0 Å². The van der Waals surface area contributed by atoms with Crippen LogP contribution in [-0.4, -0.2) is 17.1 Å². The van der Waals surface area contributed by atoms with E-state index in [1.165, 1.54) is 32.1 Å². The summed E-state index contributed by atoms with van der Waals surface area (Å²) >= 11 is 0. The summed E-state index contributed by atoms with van der Waals surface area (Å²) in [5, 5.41) is 12.4. The summed E-state index contributed by atoms with van der Waals surface area (Å²) in [6, 6.07) is 7.67. The van der Waals surface area contributed by atoms with E-state index in [1.807, 2.05) is 12.1 Å². The van der Waals surface area contributed by atoms with Crippen molar-refractivity contribution in [3.8, 4) is 0 Å². The second-order valence-electron chi connectivity index (χ2n) is 5.57. The first-order valence-corrected chi connectivity index (χ1v) is 7.22. The van der Waals surface area contributed by atoms with Gasteiger partial charge in [-0.25, -0.2) is 4.79 Å². The van der Waals surface area contributed by atoms with Crippen LogP contribution in [0.3, 0.4) is 0 Å². The molecule has 0 spiro atoms. The smallest absolute Gasteiger partial charge is 0.335 e. The number of hydrogen-bond acceptors (Lipinski definition) is 2. The van der Waals surface area contributed by atoms with Crippen molar-refractivity contribution in [2.24, 2.45) is 5.92 Å². The van der Waals surface area contributed by atoms with Gasteiger partial charge in [0.25, 0.3) is 0 Å². The highest BCUT2D eigenvalue weighted by molar-refractivity contribution is 5.87. The molecule has 3 nitrogen and oxygen atoms in total. The SMILES string of the molecule is CC(NCc1ccc(C(=O)O)cc1)C1CCCCC1. The zero-order chi connectivity index (χ0) is 13.7. The van der Waals surface area contributed by atoms with Crippen molar-refractivity contribution in [3.05, 3.63) is 35.4 Å². The quantitative estimate of drug-likeness (QED) is 0.853. The third-order valence-electron chi connectivity index (χ3n) is 4.19. The van der Waals surface area contributed by atoms with Gasteiger partial charge in [0.1, 0.15) is 0 Å². The molecule has 0 radical (unpaired) electrons. The number of aromatic carboxylic acids is 1. The number of hydrogen-bond donors (Lipinski definition) is 2. The zero-order valence-corrected chi connectivity index (χ0v) is 11.6. The van der Waals surface area contributed by atoms with Crippen molar-refractivity contribution in [2.45, 2.75) is 51.6 Å². The van der Waals surface area contributed by atoms with E-state index in [-0.39, 0.29) is 0 Å². The Morgan fingerprint density at radius 1 is 1.26 bits per heavy atom. The van der Waals surface area contributed by atoms with Gasteiger partial charge in [-0.3, -0.25) is 0 Å². The van der Waals surface area contributed by atoms with Gasteiger partial charge in [0.2, 0.25) is 0 Å². The third-order valence-corrected chi connectivity index (χ3v) is 4.19. The number of nitrogens with one attached hydrogen (secondary N) is 1. The molecule has 3 heteroatoms. The van der Waals surface area contributed by atoms with Crippen molar-refractivity contribution < 1.29 is 9.90 Å². The number of benzene rings is 1. The van der Waals surface area contributed by atoms with Crippen LogP contribution in [0.1, 0.15) is 54.9 Å². The molecule has 1 aliphatic rings. The predicted molar refractivity (Wildman–Crippen MR) is 76.3 cm³/mol. The highest BCUT2D eigenvalue weighted by Gasteiger charge is 2.19. The maximum absolute atomic E-state index is 10.8. The molecular weight excluding hydrogens is 238 g/mol. The minimum absolute atomic E-state index is 0.351. The summed E-state index contributed by atoms with van der Waals surface area (Å²) in [7, 11) is 0. The average Bonchev–Trinajstić information content (AvgIpc) is 2.46. The minimum Gasteiger partial charge on any atom is -0.478 e. The van der Waals surface area contributed by atoms with E-state index >= 15 is 0 Å². The number of carboxylic acids is 1. The fraction of sp³-hybridized carbons (Fsp3) is 0.562. The Hall–Kier alpha value is -1.35. The summed E-state index contributed by atoms with van der Waals surface area (Å²) in [5.41, 5.74) is 1.50. The molecule has 1 aromatic rings. The van der Waals surface area contributed by atoms with E-state index in [1.54, 1.807) is 12.1 Å². The topological polar surface area (TPSA) is 49.3 Å². The van der Waals surface area contributed by atoms with Crippen LogP contribution in [0.2, 0.25) is 0 Å². The van der Waals surface area contributed by atoms with Gasteiger partial charge in [0.15, 0.2) is 0 Å². The van der Waals surface area contributed by atoms with Crippen LogP contribution in [0, 0.1) is 5.92 Å². The Morgan fingerprint density at radius 2 is 1.89 bits per heavy atom. The van der Waals surface area contributed by atoms with Gasteiger partial charge in [-0.05, 0) is 43.4 Å². The summed E-state index contributed by atoms with van der Waals surface area (Å²) in [4.78, 5) is 10.8. The molecule has 1 atom stereocenters. The van der Waals surface area contributed by atoms with Crippen LogP contribution in [0.15, 0.2) is 24.3 Å². The van der Waals surface area contributed by atoms with E-state index in [2.05, 4.69) is 12.2 Å². The summed E-state index contributed by atoms with van der Waals surface area (Å²) in [5.74, 6) is -0.0675. The molecule has 0 saturated heterocycles. The minimum atomic E-state index is -0.866. The molecule has 1 fully saturated rings. The molecule has 1 saturated carbocycles. The molecule has 104 valence electrons. The lowest BCUT2D eigenvalue weighted by molar-refractivity contribution is 0.0697.